The number of rotatable bonds is 0. The Bertz CT molecular complexity index is 198. The summed E-state index contributed by atoms with van der Waals surface area (Å²) in [6.45, 7) is 1.22. The third kappa shape index (κ3) is 1.13. The van der Waals surface area contributed by atoms with Gasteiger partial charge < -0.3 is 4.90 Å². The number of nitrogens with zero attached hydrogens (tertiary/aromatic N) is 2. The molecular weight excluding hydrogens is 148 g/mol. The van der Waals surface area contributed by atoms with Crippen LogP contribution in [-0.2, 0) is 0 Å². The number of fused-ring (bicyclic) bond motifs is 1. The molecule has 2 atom stereocenters. The predicted molar refractivity (Wildman–Crippen MR) is 51.4 cm³/mol. The van der Waals surface area contributed by atoms with E-state index in [4.69, 9.17) is 0 Å². The van der Waals surface area contributed by atoms with E-state index in [1.54, 1.807) is 0 Å². The van der Waals surface area contributed by atoms with Crippen molar-refractivity contribution in [2.24, 2.45) is 16.8 Å². The molecule has 1 saturated heterocycles. The van der Waals surface area contributed by atoms with Gasteiger partial charge in [0.1, 0.15) is 5.84 Å². The van der Waals surface area contributed by atoms with Crippen LogP contribution in [0.3, 0.4) is 0 Å². The third-order valence-electron chi connectivity index (χ3n) is 3.45. The number of hydrogen-bond acceptors (Lipinski definition) is 1. The Labute approximate surface area is 74.7 Å². The van der Waals surface area contributed by atoms with Crippen molar-refractivity contribution < 1.29 is 0 Å². The van der Waals surface area contributed by atoms with E-state index in [1.165, 1.54) is 38.1 Å². The van der Waals surface area contributed by atoms with Crippen molar-refractivity contribution in [1.29, 1.82) is 0 Å². The van der Waals surface area contributed by atoms with Crippen molar-refractivity contribution in [2.75, 3.05) is 20.6 Å². The average Bonchev–Trinajstić information content (AvgIpc) is 2.52. The number of likely N-dealkylation sites (tertiary alicyclic amines) is 1. The van der Waals surface area contributed by atoms with E-state index in [-0.39, 0.29) is 0 Å². The molecule has 1 aliphatic carbocycles. The van der Waals surface area contributed by atoms with Gasteiger partial charge in [-0.05, 0) is 25.2 Å². The van der Waals surface area contributed by atoms with Crippen molar-refractivity contribution >= 4 is 5.84 Å². The molecule has 0 aromatic rings. The Balaban J connectivity index is 2.17. The van der Waals surface area contributed by atoms with Gasteiger partial charge in [-0.3, -0.25) is 4.99 Å². The van der Waals surface area contributed by atoms with Gasteiger partial charge in [-0.15, -0.1) is 0 Å². The van der Waals surface area contributed by atoms with Crippen molar-refractivity contribution in [2.45, 2.75) is 25.7 Å². The lowest BCUT2D eigenvalue weighted by molar-refractivity contribution is 0.308. The van der Waals surface area contributed by atoms with Crippen molar-refractivity contribution in [3.63, 3.8) is 0 Å². The Kier molecular flexibility index (Phi) is 2.07. The van der Waals surface area contributed by atoms with Gasteiger partial charge >= 0.3 is 0 Å². The van der Waals surface area contributed by atoms with Crippen LogP contribution in [0.1, 0.15) is 25.7 Å². The molecule has 2 aliphatic rings. The first-order chi connectivity index (χ1) is 5.83. The highest BCUT2D eigenvalue weighted by molar-refractivity contribution is 5.85. The second-order valence-corrected chi connectivity index (χ2v) is 4.09. The Hall–Kier alpha value is -0.530. The normalized spacial score (nSPS) is 38.8. The van der Waals surface area contributed by atoms with E-state index in [0.29, 0.717) is 0 Å². The minimum absolute atomic E-state index is 0.800. The monoisotopic (exact) mass is 166 g/mol. The summed E-state index contributed by atoms with van der Waals surface area (Å²) in [6, 6.07) is 0. The number of aliphatic imine (C=N–C) groups is 1. The number of hydrogen-bond donors (Lipinski definition) is 0. The zero-order valence-corrected chi connectivity index (χ0v) is 8.08. The number of amidine groups is 1. The van der Waals surface area contributed by atoms with E-state index < -0.39 is 0 Å². The topological polar surface area (TPSA) is 15.6 Å². The van der Waals surface area contributed by atoms with Gasteiger partial charge in [-0.1, -0.05) is 6.42 Å². The predicted octanol–water partition coefficient (Wildman–Crippen LogP) is 1.77. The first-order valence-electron chi connectivity index (χ1n) is 5.00. The van der Waals surface area contributed by atoms with Crippen LogP contribution < -0.4 is 0 Å². The van der Waals surface area contributed by atoms with E-state index in [0.717, 1.165) is 11.8 Å². The molecule has 1 saturated carbocycles. The van der Waals surface area contributed by atoms with Crippen LogP contribution in [0.5, 0.6) is 0 Å². The van der Waals surface area contributed by atoms with Crippen LogP contribution >= 0.6 is 0 Å². The lowest BCUT2D eigenvalue weighted by Gasteiger charge is -2.35. The van der Waals surface area contributed by atoms with Gasteiger partial charge in [-0.2, -0.15) is 0 Å². The SMILES string of the molecule is C/N=C1/C2CCCC2CCN1C. The van der Waals surface area contributed by atoms with Gasteiger partial charge in [0, 0.05) is 26.6 Å². The summed E-state index contributed by atoms with van der Waals surface area (Å²) in [5, 5.41) is 0. The molecule has 0 aromatic carbocycles. The second-order valence-electron chi connectivity index (χ2n) is 4.09. The molecule has 0 aromatic heterocycles. The van der Waals surface area contributed by atoms with Crippen LogP contribution in [0.2, 0.25) is 0 Å². The highest BCUT2D eigenvalue weighted by Crippen LogP contribution is 2.38. The van der Waals surface area contributed by atoms with Gasteiger partial charge in [0.05, 0.1) is 0 Å². The van der Waals surface area contributed by atoms with Gasteiger partial charge in [-0.25, -0.2) is 0 Å². The average molecular weight is 166 g/mol. The van der Waals surface area contributed by atoms with Crippen LogP contribution in [0.25, 0.3) is 0 Å². The molecule has 0 amide bonds. The Morgan fingerprint density at radius 3 is 2.92 bits per heavy atom. The fourth-order valence-corrected chi connectivity index (χ4v) is 2.82. The fraction of sp³-hybridized carbons (Fsp3) is 0.900. The molecule has 0 bridgehead atoms. The molecule has 2 nitrogen and oxygen atoms in total. The fourth-order valence-electron chi connectivity index (χ4n) is 2.82. The Morgan fingerprint density at radius 1 is 1.33 bits per heavy atom. The molecule has 12 heavy (non-hydrogen) atoms. The summed E-state index contributed by atoms with van der Waals surface area (Å²) in [5.41, 5.74) is 0. The first-order valence-corrected chi connectivity index (χ1v) is 5.00. The lowest BCUT2D eigenvalue weighted by atomic mass is 9.88. The lowest BCUT2D eigenvalue weighted by Crippen LogP contribution is -2.41. The summed E-state index contributed by atoms with van der Waals surface area (Å²) in [7, 11) is 4.11. The minimum atomic E-state index is 0.800. The van der Waals surface area contributed by atoms with E-state index in [9.17, 15) is 0 Å². The maximum Gasteiger partial charge on any atom is 0.102 e. The van der Waals surface area contributed by atoms with E-state index >= 15 is 0 Å². The molecule has 2 heteroatoms. The Morgan fingerprint density at radius 2 is 2.17 bits per heavy atom. The van der Waals surface area contributed by atoms with Gasteiger partial charge in [0.25, 0.3) is 0 Å². The smallest absolute Gasteiger partial charge is 0.102 e. The summed E-state index contributed by atoms with van der Waals surface area (Å²) in [5.74, 6) is 3.12. The van der Waals surface area contributed by atoms with Crippen LogP contribution in [-0.4, -0.2) is 31.4 Å². The maximum atomic E-state index is 4.41. The molecule has 0 spiro atoms. The summed E-state index contributed by atoms with van der Waals surface area (Å²) < 4.78 is 0. The zero-order chi connectivity index (χ0) is 8.55. The third-order valence-corrected chi connectivity index (χ3v) is 3.45. The number of piperidine rings is 1. The van der Waals surface area contributed by atoms with Crippen molar-refractivity contribution in [3.05, 3.63) is 0 Å². The van der Waals surface area contributed by atoms with Gasteiger partial charge in [0.15, 0.2) is 0 Å². The van der Waals surface area contributed by atoms with Crippen molar-refractivity contribution in [3.8, 4) is 0 Å². The van der Waals surface area contributed by atoms with E-state index in [1.807, 2.05) is 7.05 Å². The molecule has 1 heterocycles. The molecule has 68 valence electrons. The van der Waals surface area contributed by atoms with Crippen LogP contribution in [0.4, 0.5) is 0 Å². The molecular formula is C10H18N2. The van der Waals surface area contributed by atoms with Crippen molar-refractivity contribution in [1.82, 2.24) is 4.90 Å². The first kappa shape index (κ1) is 8.09. The summed E-state index contributed by atoms with van der Waals surface area (Å²) in [4.78, 5) is 6.75. The second kappa shape index (κ2) is 3.08. The molecule has 2 unspecified atom stereocenters. The van der Waals surface area contributed by atoms with Gasteiger partial charge in [0.2, 0.25) is 0 Å². The van der Waals surface area contributed by atoms with E-state index in [2.05, 4.69) is 16.9 Å². The highest BCUT2D eigenvalue weighted by Gasteiger charge is 2.35. The molecule has 1 aliphatic heterocycles. The minimum Gasteiger partial charge on any atom is -0.363 e. The highest BCUT2D eigenvalue weighted by atomic mass is 15.2. The maximum absolute atomic E-state index is 4.41. The molecule has 0 radical (unpaired) electrons. The standard InChI is InChI=1S/C10H18N2/c1-11-10-9-5-3-4-8(9)6-7-12(10)2/h8-9H,3-7H2,1-2H3/b11-10-. The summed E-state index contributed by atoms with van der Waals surface area (Å²) >= 11 is 0. The van der Waals surface area contributed by atoms with Crippen LogP contribution in [0.15, 0.2) is 4.99 Å². The zero-order valence-electron chi connectivity index (χ0n) is 8.08. The van der Waals surface area contributed by atoms with Crippen LogP contribution in [0, 0.1) is 11.8 Å². The molecule has 2 fully saturated rings. The largest absolute Gasteiger partial charge is 0.363 e. The summed E-state index contributed by atoms with van der Waals surface area (Å²) in [6.07, 6.45) is 5.63. The molecule has 2 rings (SSSR count). The molecule has 0 N–H and O–H groups in total. The quantitative estimate of drug-likeness (QED) is 0.535.